The SMILES string of the molecule is O=C(CSC1CCCC1)Cc1ccccc1Br. The lowest BCUT2D eigenvalue weighted by molar-refractivity contribution is -0.116. The molecule has 1 aliphatic rings. The number of carbonyl (C=O) groups is 1. The zero-order valence-corrected chi connectivity index (χ0v) is 12.2. The Bertz CT molecular complexity index is 386. The van der Waals surface area contributed by atoms with Crippen molar-refractivity contribution in [1.29, 1.82) is 0 Å². The Morgan fingerprint density at radius 1 is 1.29 bits per heavy atom. The highest BCUT2D eigenvalue weighted by Crippen LogP contribution is 2.29. The number of Topliss-reactive ketones (excluding diaryl/α,β-unsaturated/α-hetero) is 1. The van der Waals surface area contributed by atoms with E-state index in [4.69, 9.17) is 0 Å². The number of hydrogen-bond donors (Lipinski definition) is 0. The van der Waals surface area contributed by atoms with E-state index in [1.54, 1.807) is 0 Å². The summed E-state index contributed by atoms with van der Waals surface area (Å²) in [5.41, 5.74) is 1.10. The van der Waals surface area contributed by atoms with Crippen LogP contribution in [0.3, 0.4) is 0 Å². The molecule has 1 aliphatic carbocycles. The minimum atomic E-state index is 0.341. The molecule has 0 radical (unpaired) electrons. The third kappa shape index (κ3) is 4.14. The van der Waals surface area contributed by atoms with Crippen molar-refractivity contribution in [2.45, 2.75) is 37.4 Å². The second-order valence-corrected chi connectivity index (χ2v) is 6.67. The van der Waals surface area contributed by atoms with E-state index in [1.807, 2.05) is 36.0 Å². The normalized spacial score (nSPS) is 16.3. The number of halogens is 1. The van der Waals surface area contributed by atoms with E-state index in [2.05, 4.69) is 15.9 Å². The quantitative estimate of drug-likeness (QED) is 0.809. The fraction of sp³-hybridized carbons (Fsp3) is 0.500. The fourth-order valence-electron chi connectivity index (χ4n) is 2.17. The van der Waals surface area contributed by atoms with Crippen molar-refractivity contribution in [2.75, 3.05) is 5.75 Å². The number of carbonyl (C=O) groups excluding carboxylic acids is 1. The van der Waals surface area contributed by atoms with E-state index in [-0.39, 0.29) is 0 Å². The molecule has 0 aliphatic heterocycles. The molecule has 3 heteroatoms. The predicted molar refractivity (Wildman–Crippen MR) is 77.6 cm³/mol. The monoisotopic (exact) mass is 312 g/mol. The van der Waals surface area contributed by atoms with Gasteiger partial charge in [0.1, 0.15) is 5.78 Å². The Labute approximate surface area is 115 Å². The van der Waals surface area contributed by atoms with Crippen molar-refractivity contribution in [3.05, 3.63) is 34.3 Å². The molecule has 92 valence electrons. The van der Waals surface area contributed by atoms with Gasteiger partial charge in [0.2, 0.25) is 0 Å². The van der Waals surface area contributed by atoms with Gasteiger partial charge in [-0.25, -0.2) is 0 Å². The number of rotatable bonds is 5. The summed E-state index contributed by atoms with van der Waals surface area (Å²) in [6, 6.07) is 7.97. The molecule has 1 saturated carbocycles. The van der Waals surface area contributed by atoms with Gasteiger partial charge in [0.25, 0.3) is 0 Å². The van der Waals surface area contributed by atoms with Crippen LogP contribution in [-0.2, 0) is 11.2 Å². The first kappa shape index (κ1) is 13.2. The number of hydrogen-bond acceptors (Lipinski definition) is 2. The van der Waals surface area contributed by atoms with Gasteiger partial charge in [0.15, 0.2) is 0 Å². The first-order valence-corrected chi connectivity index (χ1v) is 7.96. The van der Waals surface area contributed by atoms with Crippen LogP contribution < -0.4 is 0 Å². The van der Waals surface area contributed by atoms with Crippen molar-refractivity contribution in [1.82, 2.24) is 0 Å². The highest BCUT2D eigenvalue weighted by Gasteiger charge is 2.16. The Morgan fingerprint density at radius 2 is 2.00 bits per heavy atom. The molecule has 17 heavy (non-hydrogen) atoms. The summed E-state index contributed by atoms with van der Waals surface area (Å²) in [5, 5.41) is 0.734. The zero-order chi connectivity index (χ0) is 12.1. The van der Waals surface area contributed by atoms with Crippen molar-refractivity contribution in [3.63, 3.8) is 0 Å². The van der Waals surface area contributed by atoms with E-state index in [0.717, 1.165) is 15.3 Å². The lowest BCUT2D eigenvalue weighted by Gasteiger charge is -2.08. The number of ketones is 1. The molecule has 0 unspecified atom stereocenters. The summed E-state index contributed by atoms with van der Waals surface area (Å²) in [4.78, 5) is 11.9. The minimum absolute atomic E-state index is 0.341. The summed E-state index contributed by atoms with van der Waals surface area (Å²) in [5.74, 6) is 1.01. The highest BCUT2D eigenvalue weighted by molar-refractivity contribution is 9.10. The molecular weight excluding hydrogens is 296 g/mol. The molecule has 0 heterocycles. The Hall–Kier alpha value is -0.280. The van der Waals surface area contributed by atoms with Gasteiger partial charge in [0.05, 0.1) is 5.75 Å². The van der Waals surface area contributed by atoms with Crippen LogP contribution >= 0.6 is 27.7 Å². The summed E-state index contributed by atoms with van der Waals surface area (Å²) in [6.07, 6.45) is 5.84. The molecule has 0 bridgehead atoms. The first-order chi connectivity index (χ1) is 8.25. The van der Waals surface area contributed by atoms with Crippen LogP contribution in [0.5, 0.6) is 0 Å². The maximum absolute atomic E-state index is 11.9. The van der Waals surface area contributed by atoms with Crippen molar-refractivity contribution in [3.8, 4) is 0 Å². The maximum atomic E-state index is 11.9. The van der Waals surface area contributed by atoms with Crippen LogP contribution in [0.2, 0.25) is 0 Å². The van der Waals surface area contributed by atoms with Crippen molar-refractivity contribution in [2.24, 2.45) is 0 Å². The Balaban J connectivity index is 1.79. The van der Waals surface area contributed by atoms with Gasteiger partial charge >= 0.3 is 0 Å². The smallest absolute Gasteiger partial charge is 0.147 e. The van der Waals surface area contributed by atoms with E-state index < -0.39 is 0 Å². The molecule has 1 nitrogen and oxygen atoms in total. The molecule has 1 aromatic rings. The van der Waals surface area contributed by atoms with Gasteiger partial charge in [-0.15, -0.1) is 0 Å². The van der Waals surface area contributed by atoms with E-state index in [1.165, 1.54) is 25.7 Å². The third-order valence-electron chi connectivity index (χ3n) is 3.13. The number of thioether (sulfide) groups is 1. The van der Waals surface area contributed by atoms with Crippen molar-refractivity contribution < 1.29 is 4.79 Å². The average Bonchev–Trinajstić information content (AvgIpc) is 2.82. The molecule has 0 atom stereocenters. The summed E-state index contributed by atoms with van der Waals surface area (Å²) in [6.45, 7) is 0. The molecule has 0 N–H and O–H groups in total. The van der Waals surface area contributed by atoms with Crippen LogP contribution in [0.15, 0.2) is 28.7 Å². The number of benzene rings is 1. The predicted octanol–water partition coefficient (Wildman–Crippen LogP) is 4.24. The standard InChI is InChI=1S/C14H17BrOS/c15-14-8-4-1-5-11(14)9-12(16)10-17-13-6-2-3-7-13/h1,4-5,8,13H,2-3,6-7,9-10H2. The van der Waals surface area contributed by atoms with Crippen LogP contribution in [0.4, 0.5) is 0 Å². The highest BCUT2D eigenvalue weighted by atomic mass is 79.9. The fourth-order valence-corrected chi connectivity index (χ4v) is 3.79. The van der Waals surface area contributed by atoms with Gasteiger partial charge in [-0.2, -0.15) is 11.8 Å². The minimum Gasteiger partial charge on any atom is -0.298 e. The molecule has 1 aromatic carbocycles. The lowest BCUT2D eigenvalue weighted by atomic mass is 10.1. The first-order valence-electron chi connectivity index (χ1n) is 6.12. The zero-order valence-electron chi connectivity index (χ0n) is 9.82. The summed E-state index contributed by atoms with van der Waals surface area (Å²) in [7, 11) is 0. The van der Waals surface area contributed by atoms with Crippen LogP contribution in [0.25, 0.3) is 0 Å². The van der Waals surface area contributed by atoms with Gasteiger partial charge in [-0.05, 0) is 24.5 Å². The molecule has 0 amide bonds. The molecule has 0 aromatic heterocycles. The molecule has 0 saturated heterocycles. The van der Waals surface area contributed by atoms with Gasteiger partial charge in [-0.1, -0.05) is 47.0 Å². The van der Waals surface area contributed by atoms with Crippen LogP contribution in [0.1, 0.15) is 31.2 Å². The topological polar surface area (TPSA) is 17.1 Å². The molecule has 0 spiro atoms. The van der Waals surface area contributed by atoms with E-state index in [0.29, 0.717) is 18.0 Å². The van der Waals surface area contributed by atoms with E-state index in [9.17, 15) is 4.79 Å². The van der Waals surface area contributed by atoms with Crippen LogP contribution in [-0.4, -0.2) is 16.8 Å². The molecular formula is C14H17BrOS. The van der Waals surface area contributed by atoms with Gasteiger partial charge < -0.3 is 0 Å². The van der Waals surface area contributed by atoms with Gasteiger partial charge in [-0.3, -0.25) is 4.79 Å². The van der Waals surface area contributed by atoms with Crippen LogP contribution in [0, 0.1) is 0 Å². The summed E-state index contributed by atoms with van der Waals surface area (Å²) < 4.78 is 1.04. The van der Waals surface area contributed by atoms with Gasteiger partial charge in [0, 0.05) is 16.1 Å². The van der Waals surface area contributed by atoms with Crippen molar-refractivity contribution >= 4 is 33.5 Å². The third-order valence-corrected chi connectivity index (χ3v) is 5.33. The Kier molecular flexibility index (Phi) is 5.11. The second kappa shape index (κ2) is 6.60. The maximum Gasteiger partial charge on any atom is 0.147 e. The molecule has 1 fully saturated rings. The lowest BCUT2D eigenvalue weighted by Crippen LogP contribution is -2.09. The largest absolute Gasteiger partial charge is 0.298 e. The van der Waals surface area contributed by atoms with E-state index >= 15 is 0 Å². The summed E-state index contributed by atoms with van der Waals surface area (Å²) >= 11 is 5.34. The Morgan fingerprint density at radius 3 is 2.71 bits per heavy atom. The molecule has 2 rings (SSSR count). The second-order valence-electron chi connectivity index (χ2n) is 4.52. The average molecular weight is 313 g/mol.